The Morgan fingerprint density at radius 1 is 1.53 bits per heavy atom. The van der Waals surface area contributed by atoms with Gasteiger partial charge in [0.1, 0.15) is 11.3 Å². The van der Waals surface area contributed by atoms with Crippen molar-refractivity contribution in [1.82, 2.24) is 15.0 Å². The summed E-state index contributed by atoms with van der Waals surface area (Å²) in [5.41, 5.74) is 6.71. The predicted octanol–water partition coefficient (Wildman–Crippen LogP) is 0.799. The van der Waals surface area contributed by atoms with Crippen LogP contribution < -0.4 is 5.73 Å². The van der Waals surface area contributed by atoms with E-state index in [0.717, 1.165) is 0 Å². The Kier molecular flexibility index (Phi) is 2.51. The molecule has 0 spiro atoms. The highest BCUT2D eigenvalue weighted by atomic mass is 19.1. The molecule has 0 aliphatic heterocycles. The summed E-state index contributed by atoms with van der Waals surface area (Å²) in [4.78, 5) is 0. The number of aromatic nitrogens is 3. The van der Waals surface area contributed by atoms with Gasteiger partial charge in [-0.25, -0.2) is 9.07 Å². The van der Waals surface area contributed by atoms with E-state index in [1.807, 2.05) is 0 Å². The highest BCUT2D eigenvalue weighted by Gasteiger charge is 2.08. The zero-order valence-corrected chi connectivity index (χ0v) is 8.27. The van der Waals surface area contributed by atoms with Crippen molar-refractivity contribution in [1.29, 1.82) is 0 Å². The summed E-state index contributed by atoms with van der Waals surface area (Å²) in [5, 5.41) is 7.76. The molecule has 0 atom stereocenters. The van der Waals surface area contributed by atoms with Gasteiger partial charge in [-0.1, -0.05) is 5.21 Å². The summed E-state index contributed by atoms with van der Waals surface area (Å²) in [6.45, 7) is 1.04. The van der Waals surface area contributed by atoms with Crippen LogP contribution in [0.3, 0.4) is 0 Å². The molecule has 0 unspecified atom stereocenters. The molecule has 5 nitrogen and oxygen atoms in total. The number of benzene rings is 1. The fourth-order valence-electron chi connectivity index (χ4n) is 1.35. The fraction of sp³-hybridized carbons (Fsp3) is 0.333. The second-order valence-electron chi connectivity index (χ2n) is 3.17. The minimum atomic E-state index is -0.455. The molecule has 2 aromatic rings. The minimum Gasteiger partial charge on any atom is -0.396 e. The summed E-state index contributed by atoms with van der Waals surface area (Å²) in [7, 11) is 1.59. The lowest BCUT2D eigenvalue weighted by molar-refractivity contribution is 0.184. The van der Waals surface area contributed by atoms with Crippen molar-refractivity contribution in [2.75, 3.05) is 19.5 Å². The average Bonchev–Trinajstić information content (AvgIpc) is 2.59. The van der Waals surface area contributed by atoms with Crippen LogP contribution in [0.4, 0.5) is 10.1 Å². The van der Waals surface area contributed by atoms with Crippen LogP contribution in [0.15, 0.2) is 12.1 Å². The number of nitrogen functional groups attached to an aromatic ring is 1. The van der Waals surface area contributed by atoms with Gasteiger partial charge >= 0.3 is 0 Å². The molecule has 0 saturated heterocycles. The van der Waals surface area contributed by atoms with Crippen LogP contribution in [-0.4, -0.2) is 28.7 Å². The lowest BCUT2D eigenvalue weighted by Gasteiger charge is -2.01. The van der Waals surface area contributed by atoms with Crippen molar-refractivity contribution in [2.45, 2.75) is 6.54 Å². The highest BCUT2D eigenvalue weighted by Crippen LogP contribution is 2.18. The Morgan fingerprint density at radius 2 is 2.33 bits per heavy atom. The number of ether oxygens (including phenoxy) is 1. The Balaban J connectivity index is 2.45. The molecule has 2 N–H and O–H groups in total. The second kappa shape index (κ2) is 3.82. The largest absolute Gasteiger partial charge is 0.396 e. The molecule has 0 saturated carbocycles. The van der Waals surface area contributed by atoms with E-state index in [2.05, 4.69) is 10.3 Å². The van der Waals surface area contributed by atoms with Gasteiger partial charge in [0.05, 0.1) is 24.4 Å². The number of methoxy groups -OCH3 is 1. The van der Waals surface area contributed by atoms with Crippen molar-refractivity contribution in [3.8, 4) is 0 Å². The lowest BCUT2D eigenvalue weighted by atomic mass is 10.2. The van der Waals surface area contributed by atoms with E-state index in [4.69, 9.17) is 10.5 Å². The molecule has 80 valence electrons. The van der Waals surface area contributed by atoms with Crippen molar-refractivity contribution >= 4 is 16.7 Å². The average molecular weight is 210 g/mol. The van der Waals surface area contributed by atoms with Gasteiger partial charge in [-0.15, -0.1) is 5.10 Å². The molecule has 6 heteroatoms. The monoisotopic (exact) mass is 210 g/mol. The molecule has 1 heterocycles. The van der Waals surface area contributed by atoms with Gasteiger partial charge in [-0.3, -0.25) is 0 Å². The summed E-state index contributed by atoms with van der Waals surface area (Å²) >= 11 is 0. The van der Waals surface area contributed by atoms with Crippen LogP contribution in [0.2, 0.25) is 0 Å². The van der Waals surface area contributed by atoms with Crippen molar-refractivity contribution in [2.24, 2.45) is 0 Å². The first-order chi connectivity index (χ1) is 7.22. The van der Waals surface area contributed by atoms with Crippen LogP contribution in [0, 0.1) is 5.82 Å². The van der Waals surface area contributed by atoms with Crippen LogP contribution in [0.1, 0.15) is 0 Å². The van der Waals surface area contributed by atoms with Crippen LogP contribution in [0.25, 0.3) is 11.0 Å². The number of hydrogen-bond donors (Lipinski definition) is 1. The Labute approximate surface area is 85.6 Å². The topological polar surface area (TPSA) is 66.0 Å². The van der Waals surface area contributed by atoms with E-state index >= 15 is 0 Å². The van der Waals surface area contributed by atoms with Crippen LogP contribution >= 0.6 is 0 Å². The second-order valence-corrected chi connectivity index (χ2v) is 3.17. The predicted molar refractivity (Wildman–Crippen MR) is 53.8 cm³/mol. The van der Waals surface area contributed by atoms with Gasteiger partial charge < -0.3 is 10.5 Å². The van der Waals surface area contributed by atoms with E-state index in [-0.39, 0.29) is 5.69 Å². The Bertz CT molecular complexity index is 482. The molecular weight excluding hydrogens is 199 g/mol. The maximum absolute atomic E-state index is 13.2. The maximum atomic E-state index is 13.2. The van der Waals surface area contributed by atoms with Gasteiger partial charge in [0, 0.05) is 13.2 Å². The van der Waals surface area contributed by atoms with E-state index in [9.17, 15) is 4.39 Å². The number of fused-ring (bicyclic) bond motifs is 1. The van der Waals surface area contributed by atoms with E-state index in [1.54, 1.807) is 11.8 Å². The van der Waals surface area contributed by atoms with Crippen molar-refractivity contribution < 1.29 is 9.13 Å². The zero-order valence-electron chi connectivity index (χ0n) is 8.27. The van der Waals surface area contributed by atoms with E-state index in [1.165, 1.54) is 12.1 Å². The van der Waals surface area contributed by atoms with Gasteiger partial charge in [-0.2, -0.15) is 0 Å². The molecule has 0 fully saturated rings. The molecule has 0 bridgehead atoms. The maximum Gasteiger partial charge on any atom is 0.148 e. The highest BCUT2D eigenvalue weighted by molar-refractivity contribution is 5.78. The number of halogens is 1. The normalized spacial score (nSPS) is 11.1. The number of rotatable bonds is 3. The SMILES string of the molecule is COCCn1nnc2cc(N)c(F)cc21. The first-order valence-corrected chi connectivity index (χ1v) is 4.49. The molecule has 0 amide bonds. The third-order valence-corrected chi connectivity index (χ3v) is 2.14. The molecule has 0 aliphatic rings. The quantitative estimate of drug-likeness (QED) is 0.761. The zero-order chi connectivity index (χ0) is 10.8. The molecule has 0 aliphatic carbocycles. The van der Waals surface area contributed by atoms with Gasteiger partial charge in [0.25, 0.3) is 0 Å². The molecule has 1 aromatic carbocycles. The summed E-state index contributed by atoms with van der Waals surface area (Å²) in [6, 6.07) is 2.81. The summed E-state index contributed by atoms with van der Waals surface area (Å²) < 4.78 is 19.7. The van der Waals surface area contributed by atoms with Crippen LogP contribution in [-0.2, 0) is 11.3 Å². The molecule has 1 aromatic heterocycles. The van der Waals surface area contributed by atoms with E-state index < -0.39 is 5.82 Å². The molecule has 2 rings (SSSR count). The number of nitrogens with two attached hydrogens (primary N) is 1. The first kappa shape index (κ1) is 9.85. The summed E-state index contributed by atoms with van der Waals surface area (Å²) in [5.74, 6) is -0.455. The third-order valence-electron chi connectivity index (χ3n) is 2.14. The third kappa shape index (κ3) is 1.75. The molecule has 0 radical (unpaired) electrons. The smallest absolute Gasteiger partial charge is 0.148 e. The molecular formula is C9H11FN4O. The molecule has 15 heavy (non-hydrogen) atoms. The minimum absolute atomic E-state index is 0.0845. The number of nitrogens with zero attached hydrogens (tertiary/aromatic N) is 3. The van der Waals surface area contributed by atoms with Gasteiger partial charge in [0.15, 0.2) is 0 Å². The fourth-order valence-corrected chi connectivity index (χ4v) is 1.35. The van der Waals surface area contributed by atoms with Gasteiger partial charge in [0.2, 0.25) is 0 Å². The van der Waals surface area contributed by atoms with Crippen molar-refractivity contribution in [3.05, 3.63) is 17.9 Å². The number of anilines is 1. The summed E-state index contributed by atoms with van der Waals surface area (Å²) in [6.07, 6.45) is 0. The van der Waals surface area contributed by atoms with Gasteiger partial charge in [-0.05, 0) is 6.07 Å². The Hall–Kier alpha value is -1.69. The van der Waals surface area contributed by atoms with E-state index in [0.29, 0.717) is 24.2 Å². The van der Waals surface area contributed by atoms with Crippen molar-refractivity contribution in [3.63, 3.8) is 0 Å². The number of hydrogen-bond acceptors (Lipinski definition) is 4. The lowest BCUT2D eigenvalue weighted by Crippen LogP contribution is -2.06. The first-order valence-electron chi connectivity index (χ1n) is 4.49. The standard InChI is InChI=1S/C9H11FN4O/c1-15-3-2-14-9-4-6(10)7(11)5-8(9)12-13-14/h4-5H,2-3,11H2,1H3. The van der Waals surface area contributed by atoms with Crippen LogP contribution in [0.5, 0.6) is 0 Å². The Morgan fingerprint density at radius 3 is 3.07 bits per heavy atom.